The fraction of sp³-hybridized carbons (Fsp3) is 0.512. The molecule has 246 valence electrons. The van der Waals surface area contributed by atoms with Crippen molar-refractivity contribution in [2.75, 3.05) is 13.2 Å². The second-order valence-electron chi connectivity index (χ2n) is 12.2. The zero-order chi connectivity index (χ0) is 31.8. The van der Waals surface area contributed by atoms with Gasteiger partial charge in [-0.05, 0) is 99.7 Å². The smallest absolute Gasteiger partial charge is 0.210 e. The molecule has 3 rings (SSSR count). The summed E-state index contributed by atoms with van der Waals surface area (Å²) < 4.78 is 12.3. The van der Waals surface area contributed by atoms with Crippen molar-refractivity contribution in [2.24, 2.45) is 0 Å². The third-order valence-electron chi connectivity index (χ3n) is 8.43. The van der Waals surface area contributed by atoms with E-state index in [1.807, 2.05) is 0 Å². The molecular formula is C41H59ClO2P+. The number of rotatable bonds is 25. The lowest BCUT2D eigenvalue weighted by Gasteiger charge is -2.19. The van der Waals surface area contributed by atoms with Gasteiger partial charge < -0.3 is 9.47 Å². The van der Waals surface area contributed by atoms with Crippen molar-refractivity contribution in [1.29, 1.82) is 0 Å². The van der Waals surface area contributed by atoms with Crippen LogP contribution in [0.1, 0.15) is 116 Å². The fourth-order valence-electron chi connectivity index (χ4n) is 5.69. The highest BCUT2D eigenvalue weighted by atomic mass is 35.7. The number of benzene rings is 3. The second kappa shape index (κ2) is 23.4. The lowest BCUT2D eigenvalue weighted by Crippen LogP contribution is -2.27. The third kappa shape index (κ3) is 14.1. The lowest BCUT2D eigenvalue weighted by molar-refractivity contribution is -0.148. The van der Waals surface area contributed by atoms with E-state index in [0.717, 1.165) is 51.7 Å². The Morgan fingerprint density at radius 2 is 1.04 bits per heavy atom. The van der Waals surface area contributed by atoms with E-state index in [0.29, 0.717) is 0 Å². The Balaban J connectivity index is 1.34. The number of aryl methyl sites for hydroxylation is 1. The highest BCUT2D eigenvalue weighted by molar-refractivity contribution is 8.14. The molecule has 0 aromatic heterocycles. The monoisotopic (exact) mass is 649 g/mol. The van der Waals surface area contributed by atoms with Crippen LogP contribution in [0.15, 0.2) is 97.1 Å². The average molecular weight is 650 g/mol. The molecule has 0 amide bonds. The largest absolute Gasteiger partial charge is 0.353 e. The van der Waals surface area contributed by atoms with Crippen molar-refractivity contribution < 1.29 is 9.47 Å². The lowest BCUT2D eigenvalue weighted by atomic mass is 10.1. The molecule has 0 aliphatic heterocycles. The molecule has 45 heavy (non-hydrogen) atoms. The predicted molar refractivity (Wildman–Crippen MR) is 200 cm³/mol. The summed E-state index contributed by atoms with van der Waals surface area (Å²) >= 11 is 7.55. The number of hydrogen-bond donors (Lipinski definition) is 0. The van der Waals surface area contributed by atoms with E-state index in [2.05, 4.69) is 111 Å². The van der Waals surface area contributed by atoms with Crippen LogP contribution < -0.4 is 15.9 Å². The van der Waals surface area contributed by atoms with Gasteiger partial charge in [-0.1, -0.05) is 119 Å². The summed E-state index contributed by atoms with van der Waals surface area (Å²) in [4.78, 5) is 0. The molecule has 0 atom stereocenters. The normalized spacial score (nSPS) is 12.0. The molecule has 0 fully saturated rings. The first-order chi connectivity index (χ1) is 22.2. The Kier molecular flexibility index (Phi) is 19.5. The van der Waals surface area contributed by atoms with Crippen molar-refractivity contribution in [3.05, 3.63) is 103 Å². The molecule has 0 aliphatic rings. The molecule has 0 saturated heterocycles. The molecule has 0 bridgehead atoms. The van der Waals surface area contributed by atoms with Gasteiger partial charge in [0.1, 0.15) is 27.2 Å². The number of hydrogen-bond acceptors (Lipinski definition) is 2. The van der Waals surface area contributed by atoms with Gasteiger partial charge >= 0.3 is 0 Å². The van der Waals surface area contributed by atoms with Crippen LogP contribution in [-0.4, -0.2) is 19.5 Å². The van der Waals surface area contributed by atoms with Crippen molar-refractivity contribution in [2.45, 2.75) is 123 Å². The van der Waals surface area contributed by atoms with Gasteiger partial charge in [0.25, 0.3) is 0 Å². The van der Waals surface area contributed by atoms with Crippen LogP contribution >= 0.6 is 17.9 Å². The minimum atomic E-state index is -2.18. The molecule has 0 N–H and O–H groups in total. The molecule has 0 saturated carbocycles. The average Bonchev–Trinajstić information content (AvgIpc) is 3.09. The van der Waals surface area contributed by atoms with E-state index in [9.17, 15) is 0 Å². The summed E-state index contributed by atoms with van der Waals surface area (Å²) in [5.74, 6) is 0. The van der Waals surface area contributed by atoms with Crippen LogP contribution in [0.2, 0.25) is 0 Å². The molecule has 0 aliphatic carbocycles. The van der Waals surface area contributed by atoms with E-state index < -0.39 is 6.62 Å². The van der Waals surface area contributed by atoms with Crippen molar-refractivity contribution in [3.63, 3.8) is 0 Å². The molecule has 3 aromatic rings. The van der Waals surface area contributed by atoms with Gasteiger partial charge in [-0.3, -0.25) is 0 Å². The van der Waals surface area contributed by atoms with Crippen LogP contribution in [0.5, 0.6) is 0 Å². The molecule has 4 heteroatoms. The van der Waals surface area contributed by atoms with Gasteiger partial charge in [0.15, 0.2) is 6.29 Å². The fourth-order valence-corrected chi connectivity index (χ4v) is 9.33. The first-order valence-corrected chi connectivity index (χ1v) is 20.6. The van der Waals surface area contributed by atoms with Crippen molar-refractivity contribution in [1.82, 2.24) is 0 Å². The third-order valence-corrected chi connectivity index (χ3v) is 13.2. The Morgan fingerprint density at radius 3 is 1.58 bits per heavy atom. The summed E-state index contributed by atoms with van der Waals surface area (Å²) in [6.07, 6.45) is 23.9. The molecule has 3 aromatic carbocycles. The maximum atomic E-state index is 7.55. The van der Waals surface area contributed by atoms with Crippen molar-refractivity contribution >= 4 is 33.8 Å². The van der Waals surface area contributed by atoms with E-state index in [1.54, 1.807) is 0 Å². The first-order valence-electron chi connectivity index (χ1n) is 17.9. The van der Waals surface area contributed by atoms with Crippen LogP contribution in [0.4, 0.5) is 0 Å². The number of ether oxygens (including phenoxy) is 2. The first kappa shape index (κ1) is 37.5. The zero-order valence-electron chi connectivity index (χ0n) is 28.2. The highest BCUT2D eigenvalue weighted by Crippen LogP contribution is 2.60. The summed E-state index contributed by atoms with van der Waals surface area (Å²) in [5, 5.41) is 3.62. The quantitative estimate of drug-likeness (QED) is 0.0393. The minimum Gasteiger partial charge on any atom is -0.353 e. The Hall–Kier alpha value is -1.96. The maximum Gasteiger partial charge on any atom is 0.210 e. The van der Waals surface area contributed by atoms with Crippen LogP contribution in [0.3, 0.4) is 0 Å². The van der Waals surface area contributed by atoms with Gasteiger partial charge in [0.2, 0.25) is 6.62 Å². The van der Waals surface area contributed by atoms with E-state index in [1.165, 1.54) is 85.7 Å². The van der Waals surface area contributed by atoms with Crippen LogP contribution in [-0.2, 0) is 15.9 Å². The number of unbranched alkanes of at least 4 members (excludes halogenated alkanes) is 10. The van der Waals surface area contributed by atoms with Crippen LogP contribution in [0.25, 0.3) is 0 Å². The maximum absolute atomic E-state index is 7.55. The molecule has 0 spiro atoms. The van der Waals surface area contributed by atoms with Gasteiger partial charge in [0.05, 0.1) is 0 Å². The predicted octanol–water partition coefficient (Wildman–Crippen LogP) is 11.5. The zero-order valence-corrected chi connectivity index (χ0v) is 29.8. The van der Waals surface area contributed by atoms with Gasteiger partial charge in [-0.15, -0.1) is 0 Å². The molecule has 0 heterocycles. The molecule has 2 nitrogen and oxygen atoms in total. The SMILES string of the molecule is CCCCCCOC(CCCCC/C=C\CCCc1ccc([P+](Cl)(c2ccccc2)c2ccccc2)cc1)OCCCCCC. The summed E-state index contributed by atoms with van der Waals surface area (Å²) in [6, 6.07) is 30.2. The van der Waals surface area contributed by atoms with Crippen molar-refractivity contribution in [3.8, 4) is 0 Å². The van der Waals surface area contributed by atoms with Gasteiger partial charge in [0, 0.05) is 13.2 Å². The number of allylic oxidation sites excluding steroid dienone is 2. The minimum absolute atomic E-state index is 0.0164. The molecule has 0 radical (unpaired) electrons. The topological polar surface area (TPSA) is 18.5 Å². The molecule has 0 unspecified atom stereocenters. The summed E-state index contributed by atoms with van der Waals surface area (Å²) in [6.45, 7) is 4.00. The molecular weight excluding hydrogens is 591 g/mol. The Bertz CT molecular complexity index is 1100. The number of halogens is 1. The highest BCUT2D eigenvalue weighted by Gasteiger charge is 2.44. The summed E-state index contributed by atoms with van der Waals surface area (Å²) in [5.41, 5.74) is 1.38. The van der Waals surface area contributed by atoms with E-state index >= 15 is 0 Å². The van der Waals surface area contributed by atoms with Crippen LogP contribution in [0, 0.1) is 0 Å². The summed E-state index contributed by atoms with van der Waals surface area (Å²) in [7, 11) is 0. The standard InChI is InChI=1S/C41H59ClO2P/c1-3-5-7-23-35-43-41(44-36-24-8-6-4-2)30-22-14-12-10-9-11-13-17-25-37-31-33-40(34-32-37)45(42,38-26-18-15-19-27-38)39-28-20-16-21-29-39/h9,11,15-16,18-21,26-29,31-34,41H,3-8,10,12-14,17,22-25,30,35-36H2,1-2H3/q+1/b11-9-. The van der Waals surface area contributed by atoms with E-state index in [-0.39, 0.29) is 6.29 Å². The Morgan fingerprint density at radius 1 is 0.556 bits per heavy atom. The second-order valence-corrected chi connectivity index (χ2v) is 16.5. The Labute approximate surface area is 281 Å². The van der Waals surface area contributed by atoms with E-state index in [4.69, 9.17) is 20.7 Å². The van der Waals surface area contributed by atoms with Gasteiger partial charge in [-0.2, -0.15) is 0 Å². The van der Waals surface area contributed by atoms with Gasteiger partial charge in [-0.25, -0.2) is 0 Å².